The van der Waals surface area contributed by atoms with Gasteiger partial charge >= 0.3 is 391 Å². The molecule has 0 aromatic heterocycles. The molecule has 0 aliphatic rings. The monoisotopic (exact) mass is 1460 g/mol. The summed E-state index contributed by atoms with van der Waals surface area (Å²) >= 11 is 0. The van der Waals surface area contributed by atoms with Gasteiger partial charge in [0.25, 0.3) is 0 Å². The Morgan fingerprint density at radius 2 is 0.172 bits per heavy atom. The second-order valence-corrected chi connectivity index (χ2v) is 0. The molecule has 29 heavy (non-hydrogen) atoms. The van der Waals surface area contributed by atoms with E-state index in [1.807, 2.05) is 0 Å². The topological polar surface area (TPSA) is 484 Å². The zero-order valence-corrected chi connectivity index (χ0v) is 51.1. The molecule has 0 aliphatic heterocycles. The fourth-order valence-corrected chi connectivity index (χ4v) is 0. The maximum atomic E-state index is 0. The first-order valence-corrected chi connectivity index (χ1v) is 0. The first-order valence-electron chi connectivity index (χ1n) is 0. The molecule has 0 unspecified atom stereocenters. The van der Waals surface area contributed by atoms with Gasteiger partial charge in [0.2, 0.25) is 0 Å². The molecule has 0 saturated carbocycles. The van der Waals surface area contributed by atoms with Crippen LogP contribution in [-0.4, -0.2) is 293 Å². The Labute approximate surface area is 502 Å². The molecule has 0 heterocycles. The summed E-state index contributed by atoms with van der Waals surface area (Å²) in [7, 11) is 0. The summed E-state index contributed by atoms with van der Waals surface area (Å²) in [4.78, 5) is 0. The first kappa shape index (κ1) is 417. The third-order valence-corrected chi connectivity index (χ3v) is 0. The molecule has 0 rings (SSSR count). The van der Waals surface area contributed by atoms with Crippen molar-refractivity contribution in [1.82, 2.24) is 0 Å². The van der Waals surface area contributed by atoms with Crippen molar-refractivity contribution in [3.05, 3.63) is 0 Å². The molecule has 0 amide bonds. The molecule has 0 N–H and O–H groups in total. The number of hydrogen-bond donors (Lipinski definition) is 0. The molecule has 160 valence electrons. The van der Waals surface area contributed by atoms with Crippen molar-refractivity contribution < 1.29 is 225 Å². The average molecular weight is 1450 g/mol. The van der Waals surface area contributed by atoms with Gasteiger partial charge in [0.15, 0.2) is 0 Å². The van der Waals surface area contributed by atoms with Crippen molar-refractivity contribution in [3.63, 3.8) is 0 Å². The van der Waals surface area contributed by atoms with Crippen LogP contribution in [0.2, 0.25) is 0 Å². The molecule has 0 fully saturated rings. The van der Waals surface area contributed by atoms with E-state index in [0.717, 1.165) is 0 Å². The molecule has 0 aliphatic carbocycles. The second-order valence-electron chi connectivity index (χ2n) is 0. The van der Waals surface area contributed by atoms with Crippen molar-refractivity contribution in [2.75, 3.05) is 0 Å². The van der Waals surface area contributed by atoms with Crippen LogP contribution in [0.4, 0.5) is 0 Å². The van der Waals surface area contributed by atoms with Gasteiger partial charge in [0.05, 0.1) is 0 Å². The zero-order valence-electron chi connectivity index (χ0n) is 14.6. The van der Waals surface area contributed by atoms with E-state index in [-0.39, 0.29) is 519 Å². The van der Waals surface area contributed by atoms with Gasteiger partial charge in [-0.15, -0.1) is 0 Å². The Kier molecular flexibility index (Phi) is 5560. The van der Waals surface area contributed by atoms with Crippen molar-refractivity contribution in [2.45, 2.75) is 0 Å². The van der Waals surface area contributed by atoms with Crippen LogP contribution in [0.1, 0.15) is 0 Å². The zero-order chi connectivity index (χ0) is 0. The second kappa shape index (κ2) is 387. The van der Waals surface area contributed by atoms with E-state index in [2.05, 4.69) is 0 Å². The summed E-state index contributed by atoms with van der Waals surface area (Å²) in [5.74, 6) is 0. The SMILES string of the molecule is [Ba+2].[Ba+2].[Ba+2].[Ba+2].[Ba+2].[Ba+2].[Mn].[Mn].[Na+].[Na+].[O-2].[O-2].[O-2].[O-2].[O-2].[O-2].[O-2].[O-2].[O-2].[O-2].[O-2].[O-2].[O-2].[O-2].[O-2].[O-2].[O-2].[Ru+3].[Ru+3]. The molecule has 0 bridgehead atoms. The minimum Gasteiger partial charge on any atom is -2.00 e. The standard InChI is InChI=1S/6Ba.2Mn.2Na.17O.2Ru/q6*+2;;;2*+1;17*-2;2*+3. The largest absolute Gasteiger partial charge is 3.00 e. The fraction of sp³-hybridized carbons (Fsp3) is 0. The maximum Gasteiger partial charge on any atom is 3.00 e. The van der Waals surface area contributed by atoms with Gasteiger partial charge in [-0.25, -0.2) is 0 Å². The summed E-state index contributed by atoms with van der Waals surface area (Å²) in [5.41, 5.74) is 0. The van der Waals surface area contributed by atoms with Crippen molar-refractivity contribution >= 4 is 293 Å². The predicted molar refractivity (Wildman–Crippen MR) is 46.2 cm³/mol. The van der Waals surface area contributed by atoms with E-state index in [0.29, 0.717) is 0 Å². The molecule has 17 nitrogen and oxygen atoms in total. The molecule has 0 spiro atoms. The molecule has 29 heteroatoms. The molecule has 0 aromatic carbocycles. The van der Waals surface area contributed by atoms with Crippen LogP contribution in [-0.2, 0) is 166 Å². The van der Waals surface area contributed by atoms with Gasteiger partial charge in [0, 0.05) is 34.1 Å². The van der Waals surface area contributed by atoms with E-state index in [4.69, 9.17) is 0 Å². The Morgan fingerprint density at radius 1 is 0.172 bits per heavy atom. The molecule has 0 atom stereocenters. The summed E-state index contributed by atoms with van der Waals surface area (Å²) < 4.78 is 0. The van der Waals surface area contributed by atoms with Gasteiger partial charge in [-0.1, -0.05) is 0 Å². The minimum atomic E-state index is 0. The minimum absolute atomic E-state index is 0. The Morgan fingerprint density at radius 3 is 0.172 bits per heavy atom. The van der Waals surface area contributed by atoms with Crippen LogP contribution >= 0.6 is 0 Å². The molecule has 0 saturated heterocycles. The molecular formula is Ba6Mn2Na2O17Ru2-14. The van der Waals surface area contributed by atoms with Gasteiger partial charge in [0.1, 0.15) is 0 Å². The van der Waals surface area contributed by atoms with Crippen molar-refractivity contribution in [3.8, 4) is 0 Å². The normalized spacial score (nSPS) is 0. The van der Waals surface area contributed by atoms with E-state index in [1.54, 1.807) is 0 Å². The van der Waals surface area contributed by atoms with Crippen LogP contribution in [0.3, 0.4) is 0 Å². The van der Waals surface area contributed by atoms with Crippen LogP contribution in [0, 0.1) is 0 Å². The van der Waals surface area contributed by atoms with E-state index < -0.39 is 0 Å². The number of hydrogen-bond acceptors (Lipinski definition) is 0. The Bertz CT molecular complexity index is 49.9. The molecular weight excluding hydrogens is 1450 g/mol. The predicted octanol–water partition coefficient (Wildman–Crippen LogP) is -10.3. The van der Waals surface area contributed by atoms with Crippen LogP contribution in [0.5, 0.6) is 0 Å². The molecule has 4 radical (unpaired) electrons. The van der Waals surface area contributed by atoms with Crippen LogP contribution < -0.4 is 59.1 Å². The third-order valence-electron chi connectivity index (χ3n) is 0. The van der Waals surface area contributed by atoms with E-state index in [1.165, 1.54) is 0 Å². The van der Waals surface area contributed by atoms with Gasteiger partial charge in [-0.2, -0.15) is 0 Å². The van der Waals surface area contributed by atoms with Gasteiger partial charge in [-0.3, -0.25) is 0 Å². The Balaban J connectivity index is 0. The van der Waals surface area contributed by atoms with Crippen LogP contribution in [0.25, 0.3) is 0 Å². The quantitative estimate of drug-likeness (QED) is 0.204. The summed E-state index contributed by atoms with van der Waals surface area (Å²) in [5, 5.41) is 0. The number of rotatable bonds is 0. The molecule has 0 aromatic rings. The third kappa shape index (κ3) is 368. The van der Waals surface area contributed by atoms with E-state index >= 15 is 0 Å². The smallest absolute Gasteiger partial charge is 2.00 e. The summed E-state index contributed by atoms with van der Waals surface area (Å²) in [6.45, 7) is 0. The van der Waals surface area contributed by atoms with Gasteiger partial charge in [-0.05, 0) is 0 Å². The summed E-state index contributed by atoms with van der Waals surface area (Å²) in [6, 6.07) is 0. The van der Waals surface area contributed by atoms with Gasteiger partial charge < -0.3 is 93.1 Å². The van der Waals surface area contributed by atoms with Crippen molar-refractivity contribution in [1.29, 1.82) is 0 Å². The Hall–Kier alpha value is 13.0. The first-order chi connectivity index (χ1) is 0. The maximum absolute atomic E-state index is 0. The average Bonchev–Trinajstić information content (AvgIpc) is 0. The van der Waals surface area contributed by atoms with Crippen molar-refractivity contribution in [2.24, 2.45) is 0 Å². The van der Waals surface area contributed by atoms with E-state index in [9.17, 15) is 0 Å². The van der Waals surface area contributed by atoms with Crippen LogP contribution in [0.15, 0.2) is 0 Å². The summed E-state index contributed by atoms with van der Waals surface area (Å²) in [6.07, 6.45) is 0. The fourth-order valence-electron chi connectivity index (χ4n) is 0.